The molecule has 4 rings (SSSR count). The van der Waals surface area contributed by atoms with Crippen molar-refractivity contribution in [2.45, 2.75) is 25.8 Å². The van der Waals surface area contributed by atoms with Crippen LogP contribution in [-0.2, 0) is 0 Å². The zero-order valence-electron chi connectivity index (χ0n) is 16.0. The standard InChI is InChI=1S/C22H25N3O2S/c1-15-8-10-25(11-9-15)19(20-7-4-12-28-20)14-23-22(27)18-13-16-5-2-3-6-17(16)21(26)24-18/h2-7,12-13,15,19H,8-11,14H2,1H3,(H,23,27)(H,24,26). The van der Waals surface area contributed by atoms with Gasteiger partial charge >= 0.3 is 0 Å². The summed E-state index contributed by atoms with van der Waals surface area (Å²) in [4.78, 5) is 31.5. The first kappa shape index (κ1) is 18.9. The number of carbonyl (C=O) groups excluding carboxylic acids is 1. The van der Waals surface area contributed by atoms with E-state index in [1.165, 1.54) is 17.7 Å². The first-order valence-corrected chi connectivity index (χ1v) is 10.7. The Balaban J connectivity index is 1.51. The lowest BCUT2D eigenvalue weighted by Gasteiger charge is -2.36. The van der Waals surface area contributed by atoms with Gasteiger partial charge in [-0.3, -0.25) is 14.5 Å². The molecule has 0 radical (unpaired) electrons. The molecule has 1 saturated heterocycles. The van der Waals surface area contributed by atoms with Crippen LogP contribution >= 0.6 is 11.3 Å². The maximum atomic E-state index is 12.8. The smallest absolute Gasteiger partial charge is 0.267 e. The quantitative estimate of drug-likeness (QED) is 0.691. The Labute approximate surface area is 168 Å². The number of nitrogens with one attached hydrogen (secondary N) is 2. The van der Waals surface area contributed by atoms with Crippen molar-refractivity contribution in [3.63, 3.8) is 0 Å². The van der Waals surface area contributed by atoms with Crippen molar-refractivity contribution in [3.8, 4) is 0 Å². The second kappa shape index (κ2) is 8.29. The van der Waals surface area contributed by atoms with Crippen molar-refractivity contribution in [1.29, 1.82) is 0 Å². The number of aromatic nitrogens is 1. The molecule has 0 aliphatic carbocycles. The first-order chi connectivity index (χ1) is 13.6. The van der Waals surface area contributed by atoms with E-state index in [0.29, 0.717) is 17.6 Å². The molecule has 0 bridgehead atoms. The monoisotopic (exact) mass is 395 g/mol. The highest BCUT2D eigenvalue weighted by Crippen LogP contribution is 2.29. The van der Waals surface area contributed by atoms with Crippen LogP contribution < -0.4 is 10.9 Å². The molecule has 2 aromatic heterocycles. The fraction of sp³-hybridized carbons (Fsp3) is 0.364. The number of hydrogen-bond acceptors (Lipinski definition) is 4. The Morgan fingerprint density at radius 2 is 2.04 bits per heavy atom. The number of piperidine rings is 1. The summed E-state index contributed by atoms with van der Waals surface area (Å²) in [5.74, 6) is 0.521. The molecule has 1 aliphatic heterocycles. The van der Waals surface area contributed by atoms with Crippen molar-refractivity contribution in [2.75, 3.05) is 19.6 Å². The van der Waals surface area contributed by atoms with Gasteiger partial charge in [0.25, 0.3) is 11.5 Å². The molecule has 1 aromatic carbocycles. The molecule has 1 fully saturated rings. The highest BCUT2D eigenvalue weighted by molar-refractivity contribution is 7.10. The van der Waals surface area contributed by atoms with Gasteiger partial charge in [-0.15, -0.1) is 11.3 Å². The zero-order valence-corrected chi connectivity index (χ0v) is 16.8. The number of rotatable bonds is 5. The average molecular weight is 396 g/mol. The van der Waals surface area contributed by atoms with Crippen LogP contribution in [0.2, 0.25) is 0 Å². The molecule has 1 unspecified atom stereocenters. The summed E-state index contributed by atoms with van der Waals surface area (Å²) in [5, 5.41) is 6.49. The average Bonchev–Trinajstić information content (AvgIpc) is 3.24. The lowest BCUT2D eigenvalue weighted by molar-refractivity contribution is 0.0910. The minimum atomic E-state index is -0.241. The third-order valence-electron chi connectivity index (χ3n) is 5.58. The van der Waals surface area contributed by atoms with Crippen molar-refractivity contribution in [2.24, 2.45) is 5.92 Å². The third kappa shape index (κ3) is 4.03. The van der Waals surface area contributed by atoms with E-state index in [9.17, 15) is 9.59 Å². The Kier molecular flexibility index (Phi) is 5.59. The minimum absolute atomic E-state index is 0.170. The molecular weight excluding hydrogens is 370 g/mol. The fourth-order valence-corrected chi connectivity index (χ4v) is 4.71. The molecule has 1 atom stereocenters. The number of benzene rings is 1. The number of nitrogens with zero attached hydrogens (tertiary/aromatic N) is 1. The summed E-state index contributed by atoms with van der Waals surface area (Å²) >= 11 is 1.73. The van der Waals surface area contributed by atoms with Gasteiger partial charge in [-0.05, 0) is 60.8 Å². The van der Waals surface area contributed by atoms with Crippen LogP contribution in [0.25, 0.3) is 10.8 Å². The van der Waals surface area contributed by atoms with Gasteiger partial charge in [0.1, 0.15) is 5.69 Å². The SMILES string of the molecule is CC1CCN(C(CNC(=O)c2cc3ccccc3c(=O)[nH]2)c2cccs2)CC1. The molecule has 28 heavy (non-hydrogen) atoms. The van der Waals surface area contributed by atoms with Crippen LogP contribution in [0.1, 0.15) is 41.2 Å². The van der Waals surface area contributed by atoms with E-state index in [1.54, 1.807) is 23.5 Å². The van der Waals surface area contributed by atoms with Gasteiger partial charge in [0.2, 0.25) is 0 Å². The van der Waals surface area contributed by atoms with E-state index >= 15 is 0 Å². The molecule has 5 nitrogen and oxygen atoms in total. The summed E-state index contributed by atoms with van der Waals surface area (Å²) in [6.45, 7) is 4.93. The topological polar surface area (TPSA) is 65.2 Å². The van der Waals surface area contributed by atoms with E-state index < -0.39 is 0 Å². The van der Waals surface area contributed by atoms with Crippen LogP contribution in [0.3, 0.4) is 0 Å². The van der Waals surface area contributed by atoms with Gasteiger partial charge in [-0.25, -0.2) is 0 Å². The number of pyridine rings is 1. The van der Waals surface area contributed by atoms with E-state index in [2.05, 4.69) is 39.6 Å². The van der Waals surface area contributed by atoms with E-state index in [0.717, 1.165) is 24.4 Å². The van der Waals surface area contributed by atoms with Gasteiger partial charge in [0.05, 0.1) is 6.04 Å². The molecule has 0 saturated carbocycles. The van der Waals surface area contributed by atoms with Crippen molar-refractivity contribution in [3.05, 3.63) is 68.8 Å². The molecule has 1 amide bonds. The third-order valence-corrected chi connectivity index (χ3v) is 6.56. The van der Waals surface area contributed by atoms with Gasteiger partial charge in [-0.2, -0.15) is 0 Å². The number of likely N-dealkylation sites (tertiary alicyclic amines) is 1. The lowest BCUT2D eigenvalue weighted by Crippen LogP contribution is -2.41. The molecular formula is C22H25N3O2S. The Morgan fingerprint density at radius 1 is 1.25 bits per heavy atom. The van der Waals surface area contributed by atoms with Crippen molar-refractivity contribution < 1.29 is 4.79 Å². The van der Waals surface area contributed by atoms with E-state index in [1.807, 2.05) is 18.2 Å². The van der Waals surface area contributed by atoms with Crippen LogP contribution in [0.5, 0.6) is 0 Å². The lowest BCUT2D eigenvalue weighted by atomic mass is 9.97. The molecule has 146 valence electrons. The van der Waals surface area contributed by atoms with Crippen molar-refractivity contribution >= 4 is 28.0 Å². The first-order valence-electron chi connectivity index (χ1n) is 9.79. The van der Waals surface area contributed by atoms with Crippen LogP contribution in [0.15, 0.2) is 52.6 Å². The molecule has 0 spiro atoms. The Bertz CT molecular complexity index is 1000. The predicted molar refractivity (Wildman–Crippen MR) is 114 cm³/mol. The molecule has 3 heterocycles. The predicted octanol–water partition coefficient (Wildman–Crippen LogP) is 3.79. The maximum absolute atomic E-state index is 12.8. The second-order valence-corrected chi connectivity index (χ2v) is 8.54. The molecule has 6 heteroatoms. The largest absolute Gasteiger partial charge is 0.349 e. The van der Waals surface area contributed by atoms with Gasteiger partial charge in [-0.1, -0.05) is 31.2 Å². The number of thiophene rings is 1. The number of carbonyl (C=O) groups is 1. The summed E-state index contributed by atoms with van der Waals surface area (Å²) < 4.78 is 0. The summed E-state index contributed by atoms with van der Waals surface area (Å²) in [5.41, 5.74) is 0.0731. The van der Waals surface area contributed by atoms with Crippen LogP contribution in [-0.4, -0.2) is 35.4 Å². The normalized spacial score (nSPS) is 16.9. The molecule has 1 aliphatic rings. The Hall–Kier alpha value is -2.44. The number of amides is 1. The second-order valence-electron chi connectivity index (χ2n) is 7.56. The summed E-state index contributed by atoms with van der Waals surface area (Å²) in [7, 11) is 0. The summed E-state index contributed by atoms with van der Waals surface area (Å²) in [6, 6.07) is 13.4. The van der Waals surface area contributed by atoms with Gasteiger partial charge < -0.3 is 10.3 Å². The Morgan fingerprint density at radius 3 is 2.79 bits per heavy atom. The zero-order chi connectivity index (χ0) is 19.5. The van der Waals surface area contributed by atoms with Crippen molar-refractivity contribution in [1.82, 2.24) is 15.2 Å². The van der Waals surface area contributed by atoms with Gasteiger partial charge in [0, 0.05) is 16.8 Å². The van der Waals surface area contributed by atoms with Gasteiger partial charge in [0.15, 0.2) is 0 Å². The number of H-pyrrole nitrogens is 1. The summed E-state index contributed by atoms with van der Waals surface area (Å²) in [6.07, 6.45) is 2.38. The highest BCUT2D eigenvalue weighted by atomic mass is 32.1. The minimum Gasteiger partial charge on any atom is -0.349 e. The molecule has 2 N–H and O–H groups in total. The highest BCUT2D eigenvalue weighted by Gasteiger charge is 2.26. The van der Waals surface area contributed by atoms with Crippen LogP contribution in [0, 0.1) is 5.92 Å². The number of aromatic amines is 1. The number of hydrogen-bond donors (Lipinski definition) is 2. The maximum Gasteiger partial charge on any atom is 0.267 e. The van der Waals surface area contributed by atoms with E-state index in [4.69, 9.17) is 0 Å². The fourth-order valence-electron chi connectivity index (χ4n) is 3.85. The van der Waals surface area contributed by atoms with E-state index in [-0.39, 0.29) is 17.5 Å². The molecule has 3 aromatic rings. The van der Waals surface area contributed by atoms with Crippen LogP contribution in [0.4, 0.5) is 0 Å². The number of fused-ring (bicyclic) bond motifs is 1.